The molecular weight excluding hydrogens is 600 g/mol. The second-order valence-corrected chi connectivity index (χ2v) is 15.4. The van der Waals surface area contributed by atoms with E-state index in [1.54, 1.807) is 0 Å². The van der Waals surface area contributed by atoms with Crippen LogP contribution in [0.1, 0.15) is 22.8 Å². The van der Waals surface area contributed by atoms with Crippen molar-refractivity contribution >= 4 is 73.9 Å². The number of nitrogens with zero attached hydrogens (tertiary/aromatic N) is 2. The number of halogens is 3. The maximum absolute atomic E-state index is 4.95. The first-order valence-corrected chi connectivity index (χ1v) is 16.2. The van der Waals surface area contributed by atoms with Gasteiger partial charge in [-0.1, -0.05) is 0 Å². The Kier molecular flexibility index (Phi) is 6.07. The summed E-state index contributed by atoms with van der Waals surface area (Å²) in [7, 11) is 14.9. The minimum atomic E-state index is -1.79. The third kappa shape index (κ3) is 5.17. The van der Waals surface area contributed by atoms with Crippen molar-refractivity contribution in [2.24, 2.45) is 0 Å². The van der Waals surface area contributed by atoms with Crippen LogP contribution in [0, 0.1) is 0 Å². The van der Waals surface area contributed by atoms with Crippen LogP contribution in [-0.4, -0.2) is 19.9 Å². The Hall–Kier alpha value is -1.79. The van der Waals surface area contributed by atoms with Crippen LogP contribution in [-0.2, 0) is 15.2 Å². The summed E-state index contributed by atoms with van der Waals surface area (Å²) in [6.07, 6.45) is 8.05. The molecule has 4 nitrogen and oxygen atoms in total. The third-order valence-corrected chi connectivity index (χ3v) is 4.04. The molecule has 0 spiro atoms. The molecule has 3 aromatic rings. The van der Waals surface area contributed by atoms with Crippen molar-refractivity contribution in [1.82, 2.24) is 19.9 Å². The molecule has 3 aromatic heterocycles. The van der Waals surface area contributed by atoms with Gasteiger partial charge in [-0.2, -0.15) is 0 Å². The molecule has 5 heterocycles. The molecule has 5 rings (SSSR count). The molecule has 8 heteroatoms. The minimum absolute atomic E-state index is 0.915. The van der Waals surface area contributed by atoms with Gasteiger partial charge in [-0.15, -0.1) is 0 Å². The Morgan fingerprint density at radius 2 is 0.857 bits per heavy atom. The average molecular weight is 614 g/mol. The van der Waals surface area contributed by atoms with E-state index in [2.05, 4.69) is 50.3 Å². The summed E-state index contributed by atoms with van der Waals surface area (Å²) >= 11 is -1.79. The molecule has 2 aliphatic heterocycles. The first kappa shape index (κ1) is 19.5. The van der Waals surface area contributed by atoms with Crippen molar-refractivity contribution < 1.29 is 15.2 Å². The summed E-state index contributed by atoms with van der Waals surface area (Å²) in [4.78, 5) is 16.0. The quantitative estimate of drug-likeness (QED) is 0.191. The summed E-state index contributed by atoms with van der Waals surface area (Å²) in [6, 6.07) is 16.4. The average Bonchev–Trinajstić information content (AvgIpc) is 3.39. The van der Waals surface area contributed by atoms with Gasteiger partial charge >= 0.3 is 42.8 Å². The molecule has 0 amide bonds. The topological polar surface area (TPSA) is 57.4 Å². The molecule has 2 aliphatic rings. The summed E-state index contributed by atoms with van der Waals surface area (Å²) in [5.41, 5.74) is 7.86. The monoisotopic (exact) mass is 612 g/mol. The van der Waals surface area contributed by atoms with Gasteiger partial charge in [0.15, 0.2) is 0 Å². The molecular formula is C20H14AuCl3N4. The second kappa shape index (κ2) is 8.70. The molecule has 28 heavy (non-hydrogen) atoms. The van der Waals surface area contributed by atoms with Crippen LogP contribution < -0.4 is 0 Å². The van der Waals surface area contributed by atoms with Gasteiger partial charge in [0, 0.05) is 22.1 Å². The summed E-state index contributed by atoms with van der Waals surface area (Å²) in [6.45, 7) is 0. The fraction of sp³-hybridized carbons (Fsp3) is 0. The van der Waals surface area contributed by atoms with E-state index in [1.165, 1.54) is 0 Å². The molecule has 146 valence electrons. The standard InChI is InChI=1S/C20H14N4.Au.3ClH/c1-2-14-10-16-5-6-18(23-16)12-20-8-7-19(24-20)11-17-4-3-15(22-17)9-13(1)21-14;;;;/h1-12,21-22H;;3*1H/q;+3;;;/p-3. The maximum atomic E-state index is 4.95. The van der Waals surface area contributed by atoms with Gasteiger partial charge in [-0.25, -0.2) is 9.97 Å². The summed E-state index contributed by atoms with van der Waals surface area (Å²) < 4.78 is 0. The van der Waals surface area contributed by atoms with Crippen LogP contribution in [0.5, 0.6) is 0 Å². The zero-order valence-corrected chi connectivity index (χ0v) is 18.7. The number of fused-ring (bicyclic) bond motifs is 8. The molecule has 0 aromatic carbocycles. The van der Waals surface area contributed by atoms with Crippen molar-refractivity contribution in [3.8, 4) is 0 Å². The van der Waals surface area contributed by atoms with E-state index in [-0.39, 0.29) is 0 Å². The van der Waals surface area contributed by atoms with E-state index < -0.39 is 15.2 Å². The molecule has 0 unspecified atom stereocenters. The van der Waals surface area contributed by atoms with E-state index in [4.69, 9.17) is 27.6 Å². The van der Waals surface area contributed by atoms with Crippen molar-refractivity contribution in [2.45, 2.75) is 0 Å². The van der Waals surface area contributed by atoms with Crippen LogP contribution in [0.15, 0.2) is 48.5 Å². The van der Waals surface area contributed by atoms with Crippen molar-refractivity contribution in [1.29, 1.82) is 0 Å². The van der Waals surface area contributed by atoms with E-state index in [1.807, 2.05) is 42.5 Å². The number of H-pyrrole nitrogens is 2. The number of nitrogens with one attached hydrogen (secondary N) is 2. The Balaban J connectivity index is 0.000000442. The van der Waals surface area contributed by atoms with Gasteiger partial charge in [-0.3, -0.25) is 0 Å². The number of rotatable bonds is 0. The molecule has 0 aliphatic carbocycles. The first-order valence-electron chi connectivity index (χ1n) is 8.19. The van der Waals surface area contributed by atoms with Gasteiger partial charge in [0.25, 0.3) is 0 Å². The van der Waals surface area contributed by atoms with Crippen LogP contribution in [0.3, 0.4) is 0 Å². The number of hydrogen-bond acceptors (Lipinski definition) is 2. The number of aromatic amines is 2. The summed E-state index contributed by atoms with van der Waals surface area (Å²) in [5.74, 6) is 0. The molecule has 0 saturated heterocycles. The predicted octanol–water partition coefficient (Wildman–Crippen LogP) is 6.72. The van der Waals surface area contributed by atoms with Gasteiger partial charge < -0.3 is 9.97 Å². The Labute approximate surface area is 179 Å². The van der Waals surface area contributed by atoms with Crippen LogP contribution in [0.2, 0.25) is 0 Å². The number of aromatic nitrogens is 4. The Bertz CT molecular complexity index is 1130. The zero-order chi connectivity index (χ0) is 19.5. The van der Waals surface area contributed by atoms with Gasteiger partial charge in [0.2, 0.25) is 0 Å². The van der Waals surface area contributed by atoms with Crippen LogP contribution in [0.4, 0.5) is 0 Å². The Morgan fingerprint density at radius 1 is 0.536 bits per heavy atom. The van der Waals surface area contributed by atoms with E-state index >= 15 is 0 Å². The van der Waals surface area contributed by atoms with Crippen LogP contribution >= 0.6 is 27.6 Å². The first-order chi connectivity index (χ1) is 13.5. The number of hydrogen-bond donors (Lipinski definition) is 2. The van der Waals surface area contributed by atoms with Gasteiger partial charge in [0.05, 0.1) is 22.8 Å². The Morgan fingerprint density at radius 3 is 1.25 bits per heavy atom. The van der Waals surface area contributed by atoms with Gasteiger partial charge in [-0.05, 0) is 72.8 Å². The fourth-order valence-electron chi connectivity index (χ4n) is 2.94. The van der Waals surface area contributed by atoms with E-state index in [0.29, 0.717) is 0 Å². The molecule has 0 saturated carbocycles. The normalized spacial score (nSPS) is 12.5. The molecule has 0 atom stereocenters. The van der Waals surface area contributed by atoms with E-state index in [9.17, 15) is 0 Å². The van der Waals surface area contributed by atoms with E-state index in [0.717, 1.165) is 44.8 Å². The molecule has 0 fully saturated rings. The SMILES string of the molecule is C1=Cc2cc3ccc(cc4ccc(cc5nc(cc1n2)C=C5)[nH]4)[nH]3.[Cl][Au]([Cl])[Cl]. The zero-order valence-electron chi connectivity index (χ0n) is 14.3. The second-order valence-electron chi connectivity index (χ2n) is 6.03. The fourth-order valence-corrected chi connectivity index (χ4v) is 2.94. The van der Waals surface area contributed by atoms with Crippen LogP contribution in [0.25, 0.3) is 46.4 Å². The molecule has 0 radical (unpaired) electrons. The van der Waals surface area contributed by atoms with Crippen molar-refractivity contribution in [2.75, 3.05) is 0 Å². The summed E-state index contributed by atoms with van der Waals surface area (Å²) in [5, 5.41) is 0. The molecule has 2 N–H and O–H groups in total. The molecule has 8 bridgehead atoms. The third-order valence-electron chi connectivity index (χ3n) is 4.04. The van der Waals surface area contributed by atoms with Crippen molar-refractivity contribution in [3.63, 3.8) is 0 Å². The predicted molar refractivity (Wildman–Crippen MR) is 116 cm³/mol. The van der Waals surface area contributed by atoms with Crippen molar-refractivity contribution in [3.05, 3.63) is 71.3 Å². The van der Waals surface area contributed by atoms with Gasteiger partial charge in [0.1, 0.15) is 0 Å².